The van der Waals surface area contributed by atoms with Crippen molar-refractivity contribution in [3.8, 4) is 11.1 Å². The lowest BCUT2D eigenvalue weighted by Gasteiger charge is -2.04. The van der Waals surface area contributed by atoms with E-state index >= 15 is 0 Å². The minimum absolute atomic E-state index is 0.0906. The maximum Gasteiger partial charge on any atom is 0.311 e. The van der Waals surface area contributed by atoms with Gasteiger partial charge in [0.1, 0.15) is 0 Å². The second kappa shape index (κ2) is 4.36. The van der Waals surface area contributed by atoms with E-state index in [4.69, 9.17) is 5.73 Å². The van der Waals surface area contributed by atoms with Crippen molar-refractivity contribution in [2.45, 2.75) is 0 Å². The molecular formula is C11H7F2N3O2. The lowest BCUT2D eigenvalue weighted by Crippen LogP contribution is -1.99. The first-order valence-corrected chi connectivity index (χ1v) is 4.85. The molecule has 0 aliphatic carbocycles. The van der Waals surface area contributed by atoms with Gasteiger partial charge in [-0.05, 0) is 6.07 Å². The smallest absolute Gasteiger partial charge is 0.311 e. The topological polar surface area (TPSA) is 82.0 Å². The maximum atomic E-state index is 13.5. The second-order valence-electron chi connectivity index (χ2n) is 3.49. The van der Waals surface area contributed by atoms with Crippen molar-refractivity contribution in [1.82, 2.24) is 4.98 Å². The average Bonchev–Trinajstić information content (AvgIpc) is 2.33. The third kappa shape index (κ3) is 1.97. The normalized spacial score (nSPS) is 10.3. The fourth-order valence-corrected chi connectivity index (χ4v) is 1.48. The van der Waals surface area contributed by atoms with Gasteiger partial charge >= 0.3 is 5.69 Å². The van der Waals surface area contributed by atoms with E-state index in [9.17, 15) is 18.9 Å². The monoisotopic (exact) mass is 251 g/mol. The fraction of sp³-hybridized carbons (Fsp3) is 0. The maximum absolute atomic E-state index is 13.5. The summed E-state index contributed by atoms with van der Waals surface area (Å²) in [5.74, 6) is -2.40. The van der Waals surface area contributed by atoms with Gasteiger partial charge in [-0.15, -0.1) is 0 Å². The lowest BCUT2D eigenvalue weighted by atomic mass is 10.1. The van der Waals surface area contributed by atoms with Crippen LogP contribution in [0.3, 0.4) is 0 Å². The Kier molecular flexibility index (Phi) is 2.88. The number of anilines is 1. The quantitative estimate of drug-likeness (QED) is 0.656. The van der Waals surface area contributed by atoms with Gasteiger partial charge in [0.05, 0.1) is 4.92 Å². The summed E-state index contributed by atoms with van der Waals surface area (Å²) in [7, 11) is 0. The van der Waals surface area contributed by atoms with Crippen LogP contribution < -0.4 is 5.73 Å². The molecule has 1 heterocycles. The number of halogens is 2. The minimum atomic E-state index is -1.08. The van der Waals surface area contributed by atoms with Gasteiger partial charge in [-0.2, -0.15) is 0 Å². The molecule has 0 atom stereocenters. The first-order chi connectivity index (χ1) is 8.50. The highest BCUT2D eigenvalue weighted by Crippen LogP contribution is 2.29. The molecule has 0 spiro atoms. The predicted octanol–water partition coefficient (Wildman–Crippen LogP) is 2.52. The highest BCUT2D eigenvalue weighted by Gasteiger charge is 2.17. The standard InChI is InChI=1S/C11H7F2N3O2/c12-8-3-1-2-7(10(8)13)6-4-9(16(17)18)11(14)15-5-6/h1-5H,(H2,14,15). The summed E-state index contributed by atoms with van der Waals surface area (Å²) < 4.78 is 26.6. The van der Waals surface area contributed by atoms with Crippen molar-refractivity contribution in [3.63, 3.8) is 0 Å². The van der Waals surface area contributed by atoms with Crippen LogP contribution in [-0.2, 0) is 0 Å². The van der Waals surface area contributed by atoms with Crippen LogP contribution in [0.15, 0.2) is 30.5 Å². The molecule has 2 rings (SSSR count). The number of nitrogens with two attached hydrogens (primary N) is 1. The van der Waals surface area contributed by atoms with Crippen LogP contribution in [0.2, 0.25) is 0 Å². The Morgan fingerprint density at radius 3 is 2.72 bits per heavy atom. The van der Waals surface area contributed by atoms with Crippen molar-refractivity contribution in [2.75, 3.05) is 5.73 Å². The van der Waals surface area contributed by atoms with Gasteiger partial charge in [-0.3, -0.25) is 10.1 Å². The van der Waals surface area contributed by atoms with Crippen molar-refractivity contribution in [1.29, 1.82) is 0 Å². The number of nitrogen functional groups attached to an aromatic ring is 1. The Morgan fingerprint density at radius 1 is 1.33 bits per heavy atom. The molecule has 92 valence electrons. The molecule has 0 aliphatic rings. The Morgan fingerprint density at radius 2 is 2.06 bits per heavy atom. The van der Waals surface area contributed by atoms with Crippen molar-refractivity contribution >= 4 is 11.5 Å². The van der Waals surface area contributed by atoms with Gasteiger partial charge in [-0.25, -0.2) is 13.8 Å². The van der Waals surface area contributed by atoms with Crippen molar-refractivity contribution in [2.24, 2.45) is 0 Å². The number of pyridine rings is 1. The highest BCUT2D eigenvalue weighted by molar-refractivity contribution is 5.69. The van der Waals surface area contributed by atoms with E-state index in [1.54, 1.807) is 0 Å². The SMILES string of the molecule is Nc1ncc(-c2cccc(F)c2F)cc1[N+](=O)[O-]. The van der Waals surface area contributed by atoms with Crippen LogP contribution in [0.5, 0.6) is 0 Å². The van der Waals surface area contributed by atoms with E-state index in [0.717, 1.165) is 18.3 Å². The molecule has 2 aromatic rings. The fourth-order valence-electron chi connectivity index (χ4n) is 1.48. The molecule has 0 saturated carbocycles. The van der Waals surface area contributed by atoms with Crippen LogP contribution in [0.4, 0.5) is 20.3 Å². The molecule has 5 nitrogen and oxygen atoms in total. The van der Waals surface area contributed by atoms with Crippen LogP contribution in [0, 0.1) is 21.7 Å². The zero-order valence-corrected chi connectivity index (χ0v) is 8.93. The van der Waals surface area contributed by atoms with Gasteiger partial charge in [0.2, 0.25) is 5.82 Å². The molecule has 1 aromatic carbocycles. The number of benzene rings is 1. The number of aromatic nitrogens is 1. The summed E-state index contributed by atoms with van der Waals surface area (Å²) in [6.07, 6.45) is 1.15. The van der Waals surface area contributed by atoms with Gasteiger partial charge in [0.15, 0.2) is 11.6 Å². The van der Waals surface area contributed by atoms with E-state index in [1.165, 1.54) is 12.1 Å². The van der Waals surface area contributed by atoms with Gasteiger partial charge < -0.3 is 5.73 Å². The summed E-state index contributed by atoms with van der Waals surface area (Å²) >= 11 is 0. The third-order valence-electron chi connectivity index (χ3n) is 2.36. The van der Waals surface area contributed by atoms with E-state index in [0.29, 0.717) is 0 Å². The van der Waals surface area contributed by atoms with Gasteiger partial charge in [-0.1, -0.05) is 12.1 Å². The molecule has 7 heteroatoms. The molecular weight excluding hydrogens is 244 g/mol. The summed E-state index contributed by atoms with van der Waals surface area (Å²) in [5, 5.41) is 10.7. The zero-order valence-electron chi connectivity index (χ0n) is 8.93. The molecule has 0 aliphatic heterocycles. The van der Waals surface area contributed by atoms with E-state index in [1.807, 2.05) is 0 Å². The van der Waals surface area contributed by atoms with E-state index in [2.05, 4.69) is 4.98 Å². The molecule has 0 unspecified atom stereocenters. The number of hydrogen-bond donors (Lipinski definition) is 1. The van der Waals surface area contributed by atoms with Crippen LogP contribution in [0.1, 0.15) is 0 Å². The van der Waals surface area contributed by atoms with Crippen molar-refractivity contribution in [3.05, 3.63) is 52.2 Å². The summed E-state index contributed by atoms with van der Waals surface area (Å²) in [5.41, 5.74) is 4.85. The molecule has 2 N–H and O–H groups in total. The van der Waals surface area contributed by atoms with Gasteiger partial charge in [0.25, 0.3) is 0 Å². The van der Waals surface area contributed by atoms with E-state index in [-0.39, 0.29) is 16.9 Å². The number of hydrogen-bond acceptors (Lipinski definition) is 4. The third-order valence-corrected chi connectivity index (χ3v) is 2.36. The number of nitrogens with zero attached hydrogens (tertiary/aromatic N) is 2. The number of rotatable bonds is 2. The molecule has 0 bridgehead atoms. The highest BCUT2D eigenvalue weighted by atomic mass is 19.2. The summed E-state index contributed by atoms with van der Waals surface area (Å²) in [4.78, 5) is 13.5. The lowest BCUT2D eigenvalue weighted by molar-refractivity contribution is -0.384. The van der Waals surface area contributed by atoms with Crippen LogP contribution >= 0.6 is 0 Å². The molecule has 18 heavy (non-hydrogen) atoms. The number of nitro groups is 1. The Balaban J connectivity index is 2.62. The first-order valence-electron chi connectivity index (χ1n) is 4.85. The molecule has 1 aromatic heterocycles. The average molecular weight is 251 g/mol. The largest absolute Gasteiger partial charge is 0.378 e. The Bertz CT molecular complexity index is 632. The van der Waals surface area contributed by atoms with Crippen LogP contribution in [0.25, 0.3) is 11.1 Å². The van der Waals surface area contributed by atoms with Crippen molar-refractivity contribution < 1.29 is 13.7 Å². The summed E-state index contributed by atoms with van der Waals surface area (Å²) in [6.45, 7) is 0. The first kappa shape index (κ1) is 11.9. The zero-order chi connectivity index (χ0) is 13.3. The second-order valence-corrected chi connectivity index (χ2v) is 3.49. The molecule has 0 saturated heterocycles. The summed E-state index contributed by atoms with van der Waals surface area (Å²) in [6, 6.07) is 4.61. The van der Waals surface area contributed by atoms with E-state index < -0.39 is 22.2 Å². The Labute approximate surface area is 100 Å². The Hall–Kier alpha value is -2.57. The van der Waals surface area contributed by atoms with Gasteiger partial charge in [0, 0.05) is 23.4 Å². The molecule has 0 fully saturated rings. The molecule has 0 amide bonds. The van der Waals surface area contributed by atoms with Crippen LogP contribution in [-0.4, -0.2) is 9.91 Å². The molecule has 0 radical (unpaired) electrons. The predicted molar refractivity (Wildman–Crippen MR) is 60.7 cm³/mol. The minimum Gasteiger partial charge on any atom is -0.378 e.